The Balaban J connectivity index is 2.21. The molecule has 0 saturated carbocycles. The van der Waals surface area contributed by atoms with E-state index in [0.29, 0.717) is 16.9 Å². The predicted molar refractivity (Wildman–Crippen MR) is 109 cm³/mol. The maximum absolute atomic E-state index is 13.0. The van der Waals surface area contributed by atoms with E-state index in [1.165, 1.54) is 11.3 Å². The van der Waals surface area contributed by atoms with Crippen molar-refractivity contribution < 1.29 is 19.1 Å². The fraction of sp³-hybridized carbons (Fsp3) is 0.381. The van der Waals surface area contributed by atoms with E-state index in [4.69, 9.17) is 9.47 Å². The number of carbonyl (C=O) groups excluding carboxylic acids is 2. The van der Waals surface area contributed by atoms with E-state index >= 15 is 0 Å². The topological polar surface area (TPSA) is 69.9 Å². The van der Waals surface area contributed by atoms with Crippen molar-refractivity contribution in [1.29, 1.82) is 0 Å². The molecule has 0 aromatic carbocycles. The normalized spacial score (nSPS) is 12.2. The van der Waals surface area contributed by atoms with Crippen molar-refractivity contribution in [2.24, 2.45) is 0 Å². The van der Waals surface area contributed by atoms with Crippen molar-refractivity contribution in [3.05, 3.63) is 46.4 Å². The minimum atomic E-state index is -0.657. The van der Waals surface area contributed by atoms with Gasteiger partial charge in [-0.3, -0.25) is 4.40 Å². The second-order valence-corrected chi connectivity index (χ2v) is 9.22. The molecule has 3 rings (SSSR count). The van der Waals surface area contributed by atoms with E-state index in [1.54, 1.807) is 43.5 Å². The van der Waals surface area contributed by atoms with Gasteiger partial charge >= 0.3 is 11.9 Å². The molecule has 0 unspecified atom stereocenters. The van der Waals surface area contributed by atoms with Crippen LogP contribution in [0.4, 0.5) is 0 Å². The summed E-state index contributed by atoms with van der Waals surface area (Å²) in [5, 5.41) is 3.82. The molecule has 3 aromatic heterocycles. The van der Waals surface area contributed by atoms with Gasteiger partial charge in [0.1, 0.15) is 22.5 Å². The molecule has 0 fully saturated rings. The van der Waals surface area contributed by atoms with E-state index < -0.39 is 23.1 Å². The van der Waals surface area contributed by atoms with Crippen LogP contribution in [-0.2, 0) is 9.47 Å². The molecule has 0 aliphatic carbocycles. The van der Waals surface area contributed by atoms with Crippen LogP contribution in [0.3, 0.4) is 0 Å². The van der Waals surface area contributed by atoms with E-state index in [2.05, 4.69) is 4.98 Å². The number of hydrogen-bond acceptors (Lipinski definition) is 6. The summed E-state index contributed by atoms with van der Waals surface area (Å²) in [5.41, 5.74) is 0.920. The van der Waals surface area contributed by atoms with E-state index in [1.807, 2.05) is 37.6 Å². The third kappa shape index (κ3) is 4.25. The number of aromatic nitrogens is 2. The lowest BCUT2D eigenvalue weighted by molar-refractivity contribution is 0.00505. The van der Waals surface area contributed by atoms with Gasteiger partial charge in [0.05, 0.1) is 0 Å². The number of fused-ring (bicyclic) bond motifs is 1. The minimum absolute atomic E-state index is 0.286. The van der Waals surface area contributed by atoms with Gasteiger partial charge in [-0.2, -0.15) is 11.3 Å². The number of carbonyl (C=O) groups is 2. The average molecular weight is 401 g/mol. The zero-order valence-corrected chi connectivity index (χ0v) is 17.7. The Labute approximate surface area is 168 Å². The maximum atomic E-state index is 13.0. The summed E-state index contributed by atoms with van der Waals surface area (Å²) in [7, 11) is 0. The maximum Gasteiger partial charge on any atom is 0.358 e. The number of pyridine rings is 1. The molecular formula is C21H24N2O4S. The lowest BCUT2D eigenvalue weighted by Crippen LogP contribution is -2.25. The highest BCUT2D eigenvalue weighted by Gasteiger charge is 2.29. The van der Waals surface area contributed by atoms with Crippen molar-refractivity contribution >= 4 is 28.9 Å². The van der Waals surface area contributed by atoms with E-state index in [0.717, 1.165) is 5.56 Å². The third-order valence-corrected chi connectivity index (χ3v) is 4.34. The summed E-state index contributed by atoms with van der Waals surface area (Å²) >= 11 is 1.50. The summed E-state index contributed by atoms with van der Waals surface area (Å²) in [6.45, 7) is 10.8. The summed E-state index contributed by atoms with van der Waals surface area (Å²) in [5.74, 6) is -0.988. The number of ether oxygens (including phenoxy) is 2. The second kappa shape index (κ2) is 7.05. The molecule has 0 amide bonds. The summed E-state index contributed by atoms with van der Waals surface area (Å²) in [4.78, 5) is 30.3. The van der Waals surface area contributed by atoms with Gasteiger partial charge in [0.25, 0.3) is 0 Å². The molecule has 0 spiro atoms. The number of nitrogens with zero attached hydrogens (tertiary/aromatic N) is 2. The molecule has 148 valence electrons. The summed E-state index contributed by atoms with van der Waals surface area (Å²) < 4.78 is 12.7. The van der Waals surface area contributed by atoms with Gasteiger partial charge in [0.15, 0.2) is 11.3 Å². The largest absolute Gasteiger partial charge is 0.456 e. The van der Waals surface area contributed by atoms with Crippen LogP contribution < -0.4 is 0 Å². The van der Waals surface area contributed by atoms with Crippen molar-refractivity contribution in [2.75, 3.05) is 0 Å². The van der Waals surface area contributed by atoms with Crippen LogP contribution in [0.1, 0.15) is 62.4 Å². The Kier molecular flexibility index (Phi) is 5.06. The highest BCUT2D eigenvalue weighted by Crippen LogP contribution is 2.29. The van der Waals surface area contributed by atoms with E-state index in [-0.39, 0.29) is 5.69 Å². The molecular weight excluding hydrogens is 376 g/mol. The number of thiophene rings is 1. The van der Waals surface area contributed by atoms with Gasteiger partial charge in [-0.15, -0.1) is 0 Å². The van der Waals surface area contributed by atoms with Crippen LogP contribution in [0.2, 0.25) is 0 Å². The fourth-order valence-corrected chi connectivity index (χ4v) is 3.32. The fourth-order valence-electron chi connectivity index (χ4n) is 2.68. The average Bonchev–Trinajstić information content (AvgIpc) is 3.18. The van der Waals surface area contributed by atoms with Crippen LogP contribution in [-0.4, -0.2) is 32.5 Å². The molecule has 0 saturated heterocycles. The molecule has 0 radical (unpaired) electrons. The predicted octanol–water partition coefficient (Wildman–Crippen LogP) is 4.97. The van der Waals surface area contributed by atoms with Crippen molar-refractivity contribution in [2.45, 2.75) is 52.7 Å². The van der Waals surface area contributed by atoms with Gasteiger partial charge < -0.3 is 9.47 Å². The number of hydrogen-bond donors (Lipinski definition) is 0. The molecule has 0 N–H and O–H groups in total. The molecule has 0 aliphatic heterocycles. The standard InChI is InChI=1S/C21H24N2O4S/c1-20(2,3)26-18(24)14-8-7-10-23-16(19(25)27-21(4,5)6)15(22-17(14)23)13-9-11-28-12-13/h7-12H,1-6H3. The highest BCUT2D eigenvalue weighted by atomic mass is 32.1. The molecule has 0 bridgehead atoms. The monoisotopic (exact) mass is 400 g/mol. The molecule has 28 heavy (non-hydrogen) atoms. The van der Waals surface area contributed by atoms with Crippen LogP contribution in [0, 0.1) is 0 Å². The van der Waals surface area contributed by atoms with Crippen LogP contribution in [0.15, 0.2) is 35.2 Å². The van der Waals surface area contributed by atoms with Gasteiger partial charge in [-0.25, -0.2) is 14.6 Å². The number of imidazole rings is 1. The lowest BCUT2D eigenvalue weighted by atomic mass is 10.1. The Morgan fingerprint density at radius 2 is 1.64 bits per heavy atom. The highest BCUT2D eigenvalue weighted by molar-refractivity contribution is 7.08. The Bertz CT molecular complexity index is 1020. The van der Waals surface area contributed by atoms with Crippen molar-refractivity contribution in [3.63, 3.8) is 0 Å². The second-order valence-electron chi connectivity index (χ2n) is 8.44. The van der Waals surface area contributed by atoms with Gasteiger partial charge in [0.2, 0.25) is 0 Å². The molecule has 6 nitrogen and oxygen atoms in total. The van der Waals surface area contributed by atoms with Gasteiger partial charge in [-0.05, 0) is 65.1 Å². The molecule has 3 aromatic rings. The zero-order chi connectivity index (χ0) is 20.7. The van der Waals surface area contributed by atoms with Gasteiger partial charge in [-0.1, -0.05) is 0 Å². The third-order valence-electron chi connectivity index (χ3n) is 3.66. The first kappa shape index (κ1) is 20.1. The molecule has 7 heteroatoms. The minimum Gasteiger partial charge on any atom is -0.456 e. The van der Waals surface area contributed by atoms with Crippen molar-refractivity contribution in [3.8, 4) is 11.3 Å². The zero-order valence-electron chi connectivity index (χ0n) is 16.9. The number of esters is 2. The lowest BCUT2D eigenvalue weighted by Gasteiger charge is -2.20. The SMILES string of the molecule is CC(C)(C)OC(=O)c1cccn2c(C(=O)OC(C)(C)C)c(-c3ccsc3)nc12. The quantitative estimate of drug-likeness (QED) is 0.580. The van der Waals surface area contributed by atoms with E-state index in [9.17, 15) is 9.59 Å². The molecule has 3 heterocycles. The Morgan fingerprint density at radius 1 is 1.00 bits per heavy atom. The Morgan fingerprint density at radius 3 is 2.21 bits per heavy atom. The van der Waals surface area contributed by atoms with Crippen molar-refractivity contribution in [1.82, 2.24) is 9.38 Å². The smallest absolute Gasteiger partial charge is 0.358 e. The summed E-state index contributed by atoms with van der Waals surface area (Å²) in [6.07, 6.45) is 1.70. The molecule has 0 atom stereocenters. The van der Waals surface area contributed by atoms with Crippen LogP contribution >= 0.6 is 11.3 Å². The molecule has 0 aliphatic rings. The van der Waals surface area contributed by atoms with Crippen LogP contribution in [0.25, 0.3) is 16.9 Å². The first-order valence-corrected chi connectivity index (χ1v) is 9.91. The first-order valence-electron chi connectivity index (χ1n) is 8.96. The Hall–Kier alpha value is -2.67. The van der Waals surface area contributed by atoms with Gasteiger partial charge in [0, 0.05) is 17.1 Å². The number of rotatable bonds is 3. The first-order chi connectivity index (χ1) is 13.0. The summed E-state index contributed by atoms with van der Waals surface area (Å²) in [6, 6.07) is 5.22. The van der Waals surface area contributed by atoms with Crippen LogP contribution in [0.5, 0.6) is 0 Å².